The Kier molecular flexibility index (Phi) is 5.51. The first-order valence-electron chi connectivity index (χ1n) is 10.6. The van der Waals surface area contributed by atoms with Crippen molar-refractivity contribution in [2.45, 2.75) is 64.0 Å². The molecule has 2 aliphatic heterocycles. The van der Waals surface area contributed by atoms with E-state index in [0.717, 1.165) is 18.5 Å². The number of nitrogens with one attached hydrogen (secondary N) is 1. The lowest BCUT2D eigenvalue weighted by atomic mass is 9.85. The van der Waals surface area contributed by atoms with Gasteiger partial charge in [0.05, 0.1) is 5.69 Å². The highest BCUT2D eigenvalue weighted by atomic mass is 19.3. The van der Waals surface area contributed by atoms with E-state index in [1.165, 1.54) is 4.68 Å². The normalized spacial score (nSPS) is 24.5. The number of likely N-dealkylation sites (tertiary alicyclic amines) is 1. The second-order valence-electron chi connectivity index (χ2n) is 9.37. The fraction of sp³-hybridized carbons (Fsp3) is 0.591. The fourth-order valence-electron chi connectivity index (χ4n) is 4.42. The molecular weight excluding hydrogens is 388 g/mol. The number of nitrogens with zero attached hydrogens (tertiary/aromatic N) is 4. The Morgan fingerprint density at radius 1 is 1.30 bits per heavy atom. The van der Waals surface area contributed by atoms with Crippen LogP contribution in [0.15, 0.2) is 30.5 Å². The first-order valence-corrected chi connectivity index (χ1v) is 10.6. The number of halogens is 2. The second-order valence-corrected chi connectivity index (χ2v) is 9.37. The van der Waals surface area contributed by atoms with Gasteiger partial charge in [-0.15, -0.1) is 0 Å². The zero-order chi connectivity index (χ0) is 21.5. The zero-order valence-electron chi connectivity index (χ0n) is 17.7. The van der Waals surface area contributed by atoms with E-state index in [2.05, 4.69) is 15.4 Å². The summed E-state index contributed by atoms with van der Waals surface area (Å²) in [6, 6.07) is 6.10. The molecule has 2 aromatic rings. The minimum Gasteiger partial charge on any atom is -0.367 e. The van der Waals surface area contributed by atoms with Crippen LogP contribution in [-0.2, 0) is 5.41 Å². The van der Waals surface area contributed by atoms with Gasteiger partial charge in [-0.05, 0) is 37.3 Å². The van der Waals surface area contributed by atoms with Gasteiger partial charge in [0.15, 0.2) is 0 Å². The van der Waals surface area contributed by atoms with Crippen LogP contribution in [0, 0.1) is 5.92 Å². The molecule has 0 aromatic carbocycles. The number of aromatic nitrogens is 3. The van der Waals surface area contributed by atoms with Crippen molar-refractivity contribution in [2.75, 3.05) is 18.4 Å². The molecule has 30 heavy (non-hydrogen) atoms. The zero-order valence-corrected chi connectivity index (χ0v) is 17.7. The molecule has 4 rings (SSSR count). The average Bonchev–Trinajstić information content (AvgIpc) is 3.18. The lowest BCUT2D eigenvalue weighted by Gasteiger charge is -2.41. The monoisotopic (exact) mass is 417 g/mol. The van der Waals surface area contributed by atoms with E-state index in [4.69, 9.17) is 0 Å². The van der Waals surface area contributed by atoms with E-state index in [9.17, 15) is 13.6 Å². The maximum absolute atomic E-state index is 13.9. The number of rotatable bonds is 3. The smallest absolute Gasteiger partial charge is 0.272 e. The Morgan fingerprint density at radius 3 is 2.77 bits per heavy atom. The van der Waals surface area contributed by atoms with Gasteiger partial charge < -0.3 is 10.2 Å². The first-order chi connectivity index (χ1) is 14.2. The fourth-order valence-corrected chi connectivity index (χ4v) is 4.42. The van der Waals surface area contributed by atoms with E-state index in [1.54, 1.807) is 24.4 Å². The molecule has 0 radical (unpaired) electrons. The maximum atomic E-state index is 13.9. The highest BCUT2D eigenvalue weighted by Crippen LogP contribution is 2.38. The molecule has 6 nitrogen and oxygen atoms in total. The van der Waals surface area contributed by atoms with Crippen molar-refractivity contribution in [3.63, 3.8) is 0 Å². The molecule has 4 heterocycles. The Labute approximate surface area is 175 Å². The Balaban J connectivity index is 1.54. The average molecular weight is 418 g/mol. The second kappa shape index (κ2) is 7.96. The summed E-state index contributed by atoms with van der Waals surface area (Å²) in [5.41, 5.74) is 1.00. The summed E-state index contributed by atoms with van der Waals surface area (Å²) < 4.78 is 29.3. The molecule has 1 amide bonds. The third-order valence-corrected chi connectivity index (χ3v) is 6.14. The molecule has 0 unspecified atom stereocenters. The molecule has 0 spiro atoms. The van der Waals surface area contributed by atoms with Crippen LogP contribution >= 0.6 is 0 Å². The molecule has 0 aliphatic carbocycles. The van der Waals surface area contributed by atoms with Crippen molar-refractivity contribution in [3.8, 4) is 0 Å². The maximum Gasteiger partial charge on any atom is 0.272 e. The van der Waals surface area contributed by atoms with Gasteiger partial charge in [-0.2, -0.15) is 5.10 Å². The predicted octanol–water partition coefficient (Wildman–Crippen LogP) is 4.12. The number of anilines is 1. The van der Waals surface area contributed by atoms with Crippen molar-refractivity contribution < 1.29 is 13.6 Å². The lowest BCUT2D eigenvalue weighted by Crippen LogP contribution is -2.48. The summed E-state index contributed by atoms with van der Waals surface area (Å²) in [7, 11) is 0. The number of carbonyl (C=O) groups is 1. The third kappa shape index (κ3) is 4.04. The minimum atomic E-state index is -2.49. The Bertz CT molecular complexity index is 893. The summed E-state index contributed by atoms with van der Waals surface area (Å²) >= 11 is 0. The van der Waals surface area contributed by atoms with Crippen molar-refractivity contribution in [1.82, 2.24) is 19.7 Å². The summed E-state index contributed by atoms with van der Waals surface area (Å²) in [4.78, 5) is 18.8. The predicted molar refractivity (Wildman–Crippen MR) is 111 cm³/mol. The number of fused-ring (bicyclic) bond motifs is 1. The van der Waals surface area contributed by atoms with E-state index in [0.29, 0.717) is 31.0 Å². The number of piperidine rings is 1. The Hall–Kier alpha value is -2.51. The van der Waals surface area contributed by atoms with Gasteiger partial charge in [-0.1, -0.05) is 26.8 Å². The van der Waals surface area contributed by atoms with Crippen LogP contribution in [0.5, 0.6) is 0 Å². The molecule has 2 aromatic heterocycles. The summed E-state index contributed by atoms with van der Waals surface area (Å²) in [6.07, 6.45) is 1.17. The van der Waals surface area contributed by atoms with Crippen molar-refractivity contribution in [1.29, 1.82) is 0 Å². The SMILES string of the molecule is CC(C)(C)c1cc2n(n1)[C@@H](C(F)F)C[C@@H]([C@H]1CCCN(C(=O)c3ccccn3)C1)N2. The third-order valence-electron chi connectivity index (χ3n) is 6.14. The van der Waals surface area contributed by atoms with Crippen LogP contribution in [-0.4, -0.2) is 51.1 Å². The van der Waals surface area contributed by atoms with Crippen LogP contribution in [0.25, 0.3) is 0 Å². The number of hydrogen-bond acceptors (Lipinski definition) is 4. The van der Waals surface area contributed by atoms with Crippen LogP contribution in [0.2, 0.25) is 0 Å². The molecule has 1 fully saturated rings. The van der Waals surface area contributed by atoms with Crippen LogP contribution in [0.3, 0.4) is 0 Å². The van der Waals surface area contributed by atoms with Gasteiger partial charge >= 0.3 is 0 Å². The van der Waals surface area contributed by atoms with Crippen LogP contribution < -0.4 is 5.32 Å². The van der Waals surface area contributed by atoms with Crippen LogP contribution in [0.1, 0.15) is 62.3 Å². The summed E-state index contributed by atoms with van der Waals surface area (Å²) in [6.45, 7) is 7.29. The lowest BCUT2D eigenvalue weighted by molar-refractivity contribution is 0.0502. The molecule has 0 bridgehead atoms. The number of pyridine rings is 1. The highest BCUT2D eigenvalue weighted by molar-refractivity contribution is 5.92. The molecule has 3 atom stereocenters. The number of amides is 1. The van der Waals surface area contributed by atoms with Gasteiger partial charge in [0.2, 0.25) is 0 Å². The van der Waals surface area contributed by atoms with E-state index >= 15 is 0 Å². The van der Waals surface area contributed by atoms with Gasteiger partial charge in [-0.3, -0.25) is 9.78 Å². The molecular formula is C22H29F2N5O. The van der Waals surface area contributed by atoms with E-state index in [1.807, 2.05) is 31.7 Å². The minimum absolute atomic E-state index is 0.0958. The van der Waals surface area contributed by atoms with Crippen molar-refractivity contribution >= 4 is 11.7 Å². The van der Waals surface area contributed by atoms with Gasteiger partial charge in [0, 0.05) is 36.8 Å². The molecule has 2 aliphatic rings. The van der Waals surface area contributed by atoms with E-state index in [-0.39, 0.29) is 23.3 Å². The van der Waals surface area contributed by atoms with Crippen molar-refractivity contribution in [3.05, 3.63) is 41.9 Å². The number of carbonyl (C=O) groups excluding carboxylic acids is 1. The molecule has 8 heteroatoms. The van der Waals surface area contributed by atoms with Gasteiger partial charge in [-0.25, -0.2) is 13.5 Å². The first kappa shape index (κ1) is 20.8. The largest absolute Gasteiger partial charge is 0.367 e. The number of alkyl halides is 2. The Morgan fingerprint density at radius 2 is 2.10 bits per heavy atom. The molecule has 1 saturated heterocycles. The van der Waals surface area contributed by atoms with Crippen LogP contribution in [0.4, 0.5) is 14.6 Å². The summed E-state index contributed by atoms with van der Waals surface area (Å²) in [5.74, 6) is 0.658. The quantitative estimate of drug-likeness (QED) is 0.816. The number of hydrogen-bond donors (Lipinski definition) is 1. The standard InChI is InChI=1S/C22H29F2N5O/c1-22(2,3)18-12-19-26-16(11-17(20(23)24)29(19)27-18)14-7-6-10-28(13-14)21(30)15-8-4-5-9-25-15/h4-5,8-9,12,14,16-17,20,26H,6-7,10-11,13H2,1-3H3/t14-,16-,17+/m0/s1. The highest BCUT2D eigenvalue weighted by Gasteiger charge is 2.39. The van der Waals surface area contributed by atoms with E-state index < -0.39 is 12.5 Å². The topological polar surface area (TPSA) is 63.1 Å². The van der Waals surface area contributed by atoms with Gasteiger partial charge in [0.1, 0.15) is 17.6 Å². The molecule has 0 saturated carbocycles. The molecule has 162 valence electrons. The molecule has 1 N–H and O–H groups in total. The van der Waals surface area contributed by atoms with Crippen molar-refractivity contribution in [2.24, 2.45) is 5.92 Å². The van der Waals surface area contributed by atoms with Gasteiger partial charge in [0.25, 0.3) is 12.3 Å². The summed E-state index contributed by atoms with van der Waals surface area (Å²) in [5, 5.41) is 7.95.